The number of aliphatic imine (C=N–C) groups is 1. The first kappa shape index (κ1) is 12.7. The van der Waals surface area contributed by atoms with Crippen molar-refractivity contribution in [1.82, 2.24) is 10.2 Å². The van der Waals surface area contributed by atoms with Crippen LogP contribution in [0.2, 0.25) is 0 Å². The molecule has 0 spiro atoms. The van der Waals surface area contributed by atoms with Crippen molar-refractivity contribution in [3.05, 3.63) is 0 Å². The SMILES string of the molecule is CC1(C)CCCN1CCN=C(N)NC1CCC1. The molecule has 2 fully saturated rings. The largest absolute Gasteiger partial charge is 0.370 e. The molecule has 17 heavy (non-hydrogen) atoms. The molecule has 98 valence electrons. The van der Waals surface area contributed by atoms with Crippen molar-refractivity contribution in [2.75, 3.05) is 19.6 Å². The second kappa shape index (κ2) is 5.25. The lowest BCUT2D eigenvalue weighted by atomic mass is 9.93. The predicted molar refractivity (Wildman–Crippen MR) is 72.2 cm³/mol. The number of nitrogens with zero attached hydrogens (tertiary/aromatic N) is 2. The van der Waals surface area contributed by atoms with Crippen molar-refractivity contribution in [1.29, 1.82) is 0 Å². The molecule has 0 aromatic carbocycles. The first-order chi connectivity index (χ1) is 8.08. The first-order valence-electron chi connectivity index (χ1n) is 6.89. The molecule has 0 bridgehead atoms. The van der Waals surface area contributed by atoms with Crippen LogP contribution in [0.3, 0.4) is 0 Å². The molecule has 1 saturated heterocycles. The number of hydrogen-bond acceptors (Lipinski definition) is 2. The minimum Gasteiger partial charge on any atom is -0.370 e. The van der Waals surface area contributed by atoms with Gasteiger partial charge in [-0.05, 0) is 52.5 Å². The summed E-state index contributed by atoms with van der Waals surface area (Å²) in [5, 5.41) is 3.27. The zero-order chi connectivity index (χ0) is 12.3. The zero-order valence-electron chi connectivity index (χ0n) is 11.2. The molecule has 3 N–H and O–H groups in total. The molecule has 0 atom stereocenters. The average molecular weight is 238 g/mol. The fraction of sp³-hybridized carbons (Fsp3) is 0.923. The third kappa shape index (κ3) is 3.35. The Hall–Kier alpha value is -0.770. The summed E-state index contributed by atoms with van der Waals surface area (Å²) >= 11 is 0. The van der Waals surface area contributed by atoms with Gasteiger partial charge in [0.05, 0.1) is 6.54 Å². The molecule has 1 aliphatic carbocycles. The van der Waals surface area contributed by atoms with Crippen LogP contribution in [0.15, 0.2) is 4.99 Å². The molecular formula is C13H26N4. The van der Waals surface area contributed by atoms with Gasteiger partial charge in [-0.25, -0.2) is 0 Å². The Bertz CT molecular complexity index is 281. The van der Waals surface area contributed by atoms with Gasteiger partial charge < -0.3 is 11.1 Å². The minimum absolute atomic E-state index is 0.353. The van der Waals surface area contributed by atoms with Crippen LogP contribution in [0.4, 0.5) is 0 Å². The monoisotopic (exact) mass is 238 g/mol. The van der Waals surface area contributed by atoms with Crippen molar-refractivity contribution >= 4 is 5.96 Å². The van der Waals surface area contributed by atoms with Crippen LogP contribution in [0.1, 0.15) is 46.0 Å². The van der Waals surface area contributed by atoms with Gasteiger partial charge in [0.25, 0.3) is 0 Å². The van der Waals surface area contributed by atoms with Crippen LogP contribution in [-0.4, -0.2) is 42.1 Å². The third-order valence-corrected chi connectivity index (χ3v) is 4.18. The normalized spacial score (nSPS) is 25.9. The standard InChI is InChI=1S/C13H26N4/c1-13(2)7-4-9-17(13)10-8-15-12(14)16-11-5-3-6-11/h11H,3-10H2,1-2H3,(H3,14,15,16). The van der Waals surface area contributed by atoms with Crippen LogP contribution < -0.4 is 11.1 Å². The Morgan fingerprint density at radius 3 is 2.71 bits per heavy atom. The highest BCUT2D eigenvalue weighted by Crippen LogP contribution is 2.27. The van der Waals surface area contributed by atoms with Crippen molar-refractivity contribution in [2.45, 2.75) is 57.5 Å². The summed E-state index contributed by atoms with van der Waals surface area (Å²) in [7, 11) is 0. The zero-order valence-corrected chi connectivity index (χ0v) is 11.2. The maximum atomic E-state index is 5.86. The molecule has 1 aliphatic heterocycles. The van der Waals surface area contributed by atoms with Gasteiger partial charge in [0.15, 0.2) is 5.96 Å². The van der Waals surface area contributed by atoms with Crippen molar-refractivity contribution in [3.63, 3.8) is 0 Å². The lowest BCUT2D eigenvalue weighted by molar-refractivity contribution is 0.180. The average Bonchev–Trinajstić information content (AvgIpc) is 2.52. The van der Waals surface area contributed by atoms with Gasteiger partial charge in [-0.2, -0.15) is 0 Å². The van der Waals surface area contributed by atoms with Gasteiger partial charge in [-0.3, -0.25) is 9.89 Å². The van der Waals surface area contributed by atoms with E-state index in [2.05, 4.69) is 29.1 Å². The van der Waals surface area contributed by atoms with E-state index in [0.29, 0.717) is 17.5 Å². The quantitative estimate of drug-likeness (QED) is 0.574. The van der Waals surface area contributed by atoms with Gasteiger partial charge in [-0.15, -0.1) is 0 Å². The molecule has 1 saturated carbocycles. The fourth-order valence-electron chi connectivity index (χ4n) is 2.68. The van der Waals surface area contributed by atoms with E-state index in [4.69, 9.17) is 5.73 Å². The Morgan fingerprint density at radius 1 is 1.41 bits per heavy atom. The molecular weight excluding hydrogens is 212 g/mol. The highest BCUT2D eigenvalue weighted by molar-refractivity contribution is 5.78. The maximum Gasteiger partial charge on any atom is 0.188 e. The number of nitrogens with two attached hydrogens (primary N) is 1. The molecule has 1 heterocycles. The van der Waals surface area contributed by atoms with Crippen LogP contribution in [0, 0.1) is 0 Å². The second-order valence-corrected chi connectivity index (χ2v) is 5.94. The molecule has 4 heteroatoms. The molecule has 0 radical (unpaired) electrons. The maximum absolute atomic E-state index is 5.86. The molecule has 0 unspecified atom stereocenters. The van der Waals surface area contributed by atoms with Gasteiger partial charge in [0.2, 0.25) is 0 Å². The van der Waals surface area contributed by atoms with E-state index in [-0.39, 0.29) is 0 Å². The number of hydrogen-bond donors (Lipinski definition) is 2. The van der Waals surface area contributed by atoms with E-state index in [1.165, 1.54) is 38.6 Å². The topological polar surface area (TPSA) is 53.6 Å². The van der Waals surface area contributed by atoms with Gasteiger partial charge >= 0.3 is 0 Å². The summed E-state index contributed by atoms with van der Waals surface area (Å²) in [4.78, 5) is 6.94. The Balaban J connectivity index is 1.68. The van der Waals surface area contributed by atoms with Crippen LogP contribution in [-0.2, 0) is 0 Å². The molecule has 2 aliphatic rings. The molecule has 0 aromatic heterocycles. The van der Waals surface area contributed by atoms with Crippen molar-refractivity contribution < 1.29 is 0 Å². The smallest absolute Gasteiger partial charge is 0.188 e. The Labute approximate surface area is 105 Å². The first-order valence-corrected chi connectivity index (χ1v) is 6.89. The predicted octanol–water partition coefficient (Wildman–Crippen LogP) is 1.32. The van der Waals surface area contributed by atoms with E-state index in [1.807, 2.05) is 0 Å². The van der Waals surface area contributed by atoms with Gasteiger partial charge in [0, 0.05) is 18.1 Å². The third-order valence-electron chi connectivity index (χ3n) is 4.18. The lowest BCUT2D eigenvalue weighted by Crippen LogP contribution is -2.44. The second-order valence-electron chi connectivity index (χ2n) is 5.94. The summed E-state index contributed by atoms with van der Waals surface area (Å²) in [5.74, 6) is 0.631. The summed E-state index contributed by atoms with van der Waals surface area (Å²) in [6.45, 7) is 7.69. The summed E-state index contributed by atoms with van der Waals surface area (Å²) in [5.41, 5.74) is 6.21. The number of likely N-dealkylation sites (tertiary alicyclic amines) is 1. The number of nitrogens with one attached hydrogen (secondary N) is 1. The van der Waals surface area contributed by atoms with Crippen molar-refractivity contribution in [3.8, 4) is 0 Å². The van der Waals surface area contributed by atoms with Gasteiger partial charge in [-0.1, -0.05) is 0 Å². The molecule has 4 nitrogen and oxygen atoms in total. The van der Waals surface area contributed by atoms with Crippen LogP contribution in [0.5, 0.6) is 0 Å². The summed E-state index contributed by atoms with van der Waals surface area (Å²) < 4.78 is 0. The van der Waals surface area contributed by atoms with Gasteiger partial charge in [0.1, 0.15) is 0 Å². The highest BCUT2D eigenvalue weighted by Gasteiger charge is 2.30. The van der Waals surface area contributed by atoms with E-state index in [9.17, 15) is 0 Å². The summed E-state index contributed by atoms with van der Waals surface area (Å²) in [6.07, 6.45) is 6.43. The lowest BCUT2D eigenvalue weighted by Gasteiger charge is -2.31. The molecule has 0 amide bonds. The number of guanidine groups is 1. The molecule has 0 aromatic rings. The fourth-order valence-corrected chi connectivity index (χ4v) is 2.68. The van der Waals surface area contributed by atoms with Crippen LogP contribution in [0.25, 0.3) is 0 Å². The van der Waals surface area contributed by atoms with E-state index < -0.39 is 0 Å². The van der Waals surface area contributed by atoms with Crippen molar-refractivity contribution in [2.24, 2.45) is 10.7 Å². The Morgan fingerprint density at radius 2 is 2.18 bits per heavy atom. The Kier molecular flexibility index (Phi) is 3.92. The van der Waals surface area contributed by atoms with E-state index in [1.54, 1.807) is 0 Å². The van der Waals surface area contributed by atoms with Crippen LogP contribution >= 0.6 is 0 Å². The summed E-state index contributed by atoms with van der Waals surface area (Å²) in [6, 6.07) is 0.585. The van der Waals surface area contributed by atoms with E-state index in [0.717, 1.165) is 13.1 Å². The van der Waals surface area contributed by atoms with E-state index >= 15 is 0 Å². The highest BCUT2D eigenvalue weighted by atomic mass is 15.2. The molecule has 2 rings (SSSR count). The number of rotatable bonds is 4. The minimum atomic E-state index is 0.353.